The summed E-state index contributed by atoms with van der Waals surface area (Å²) in [6, 6.07) is 0. The van der Waals surface area contributed by atoms with Gasteiger partial charge in [0.1, 0.15) is 0 Å². The third kappa shape index (κ3) is 0.703. The smallest absolute Gasteiger partial charge is 0.0597 e. The Morgan fingerprint density at radius 2 is 1.64 bits per heavy atom. The Morgan fingerprint density at radius 1 is 1.09 bits per heavy atom. The molecule has 2 rings (SSSR count). The van der Waals surface area contributed by atoms with E-state index in [-0.39, 0.29) is 11.5 Å². The number of aliphatic hydroxyl groups excluding tert-OH is 1. The van der Waals surface area contributed by atoms with Crippen molar-refractivity contribution in [1.82, 2.24) is 0 Å². The highest BCUT2D eigenvalue weighted by molar-refractivity contribution is 5.18. The minimum atomic E-state index is -0.0504. The second kappa shape index (κ2) is 1.66. The van der Waals surface area contributed by atoms with E-state index in [1.54, 1.807) is 0 Å². The van der Waals surface area contributed by atoms with Gasteiger partial charge in [-0.1, -0.05) is 27.7 Å². The molecule has 2 saturated carbocycles. The van der Waals surface area contributed by atoms with Gasteiger partial charge in [0.15, 0.2) is 0 Å². The fraction of sp³-hybridized carbons (Fsp3) is 1.00. The van der Waals surface area contributed by atoms with E-state index in [4.69, 9.17) is 0 Å². The van der Waals surface area contributed by atoms with Gasteiger partial charge in [0.25, 0.3) is 0 Å². The van der Waals surface area contributed by atoms with Gasteiger partial charge in [-0.3, -0.25) is 0 Å². The molecule has 2 aliphatic rings. The van der Waals surface area contributed by atoms with Gasteiger partial charge in [0.05, 0.1) is 6.10 Å². The molecule has 11 heavy (non-hydrogen) atoms. The maximum absolute atomic E-state index is 9.69. The lowest BCUT2D eigenvalue weighted by molar-refractivity contribution is 0.0386. The first-order valence-electron chi connectivity index (χ1n) is 4.56. The first kappa shape index (κ1) is 7.60. The van der Waals surface area contributed by atoms with E-state index < -0.39 is 0 Å². The van der Waals surface area contributed by atoms with Crippen molar-refractivity contribution in [3.8, 4) is 0 Å². The first-order valence-corrected chi connectivity index (χ1v) is 4.56. The zero-order valence-corrected chi connectivity index (χ0v) is 7.89. The third-order valence-corrected chi connectivity index (χ3v) is 4.19. The van der Waals surface area contributed by atoms with Gasteiger partial charge in [-0.2, -0.15) is 0 Å². The third-order valence-electron chi connectivity index (χ3n) is 4.19. The molecule has 3 atom stereocenters. The van der Waals surface area contributed by atoms with E-state index >= 15 is 0 Å². The molecule has 3 unspecified atom stereocenters. The van der Waals surface area contributed by atoms with E-state index in [9.17, 15) is 5.11 Å². The van der Waals surface area contributed by atoms with Crippen molar-refractivity contribution in [2.75, 3.05) is 0 Å². The van der Waals surface area contributed by atoms with Gasteiger partial charge in [-0.15, -0.1) is 0 Å². The standard InChI is InChI=1S/C10H18O/c1-9(2)6-5-7(11)10(3,4)8(6)9/h6-8,11H,5H2,1-4H3. The van der Waals surface area contributed by atoms with Crippen molar-refractivity contribution in [3.63, 3.8) is 0 Å². The molecule has 1 heteroatoms. The van der Waals surface area contributed by atoms with E-state index in [2.05, 4.69) is 27.7 Å². The molecule has 0 amide bonds. The van der Waals surface area contributed by atoms with Crippen molar-refractivity contribution in [2.45, 2.75) is 40.2 Å². The van der Waals surface area contributed by atoms with Crippen LogP contribution in [0.4, 0.5) is 0 Å². The minimum absolute atomic E-state index is 0.0504. The van der Waals surface area contributed by atoms with Crippen LogP contribution in [0.5, 0.6) is 0 Å². The lowest BCUT2D eigenvalue weighted by atomic mass is 9.79. The van der Waals surface area contributed by atoms with E-state index in [1.807, 2.05) is 0 Å². The largest absolute Gasteiger partial charge is 0.393 e. The highest BCUT2D eigenvalue weighted by Gasteiger charge is 2.69. The maximum atomic E-state index is 9.69. The van der Waals surface area contributed by atoms with Crippen molar-refractivity contribution in [1.29, 1.82) is 0 Å². The molecule has 0 bridgehead atoms. The molecule has 0 saturated heterocycles. The van der Waals surface area contributed by atoms with Gasteiger partial charge >= 0.3 is 0 Å². The summed E-state index contributed by atoms with van der Waals surface area (Å²) in [5.41, 5.74) is 0.691. The Balaban J connectivity index is 2.24. The molecule has 0 heterocycles. The fourth-order valence-corrected chi connectivity index (χ4v) is 3.41. The van der Waals surface area contributed by atoms with Crippen LogP contribution in [0.2, 0.25) is 0 Å². The van der Waals surface area contributed by atoms with Crippen LogP contribution in [0.3, 0.4) is 0 Å². The summed E-state index contributed by atoms with van der Waals surface area (Å²) in [6.07, 6.45) is 0.982. The monoisotopic (exact) mass is 154 g/mol. The molecule has 2 aliphatic carbocycles. The second-order valence-corrected chi connectivity index (χ2v) is 5.48. The minimum Gasteiger partial charge on any atom is -0.393 e. The molecule has 64 valence electrons. The summed E-state index contributed by atoms with van der Waals surface area (Å²) in [6.45, 7) is 9.07. The Labute approximate surface area is 68.8 Å². The molecule has 1 nitrogen and oxygen atoms in total. The summed E-state index contributed by atoms with van der Waals surface area (Å²) in [7, 11) is 0. The quantitative estimate of drug-likeness (QED) is 0.566. The maximum Gasteiger partial charge on any atom is 0.0597 e. The van der Waals surface area contributed by atoms with Gasteiger partial charge in [-0.25, -0.2) is 0 Å². The fourth-order valence-electron chi connectivity index (χ4n) is 3.41. The van der Waals surface area contributed by atoms with Crippen LogP contribution in [-0.4, -0.2) is 11.2 Å². The molecular weight excluding hydrogens is 136 g/mol. The van der Waals surface area contributed by atoms with Crippen LogP contribution in [0.15, 0.2) is 0 Å². The van der Waals surface area contributed by atoms with Crippen LogP contribution in [0.25, 0.3) is 0 Å². The zero-order chi connectivity index (χ0) is 8.44. The average molecular weight is 154 g/mol. The van der Waals surface area contributed by atoms with E-state index in [1.165, 1.54) is 0 Å². The second-order valence-electron chi connectivity index (χ2n) is 5.48. The van der Waals surface area contributed by atoms with Gasteiger partial charge in [0.2, 0.25) is 0 Å². The lowest BCUT2D eigenvalue weighted by Gasteiger charge is -2.29. The van der Waals surface area contributed by atoms with Gasteiger partial charge < -0.3 is 5.11 Å². The summed E-state index contributed by atoms with van der Waals surface area (Å²) in [4.78, 5) is 0. The van der Waals surface area contributed by atoms with Crippen molar-refractivity contribution in [2.24, 2.45) is 22.7 Å². The molecule has 1 N–H and O–H groups in total. The highest BCUT2D eigenvalue weighted by atomic mass is 16.3. The predicted octanol–water partition coefficient (Wildman–Crippen LogP) is 2.05. The summed E-state index contributed by atoms with van der Waals surface area (Å²) in [5.74, 6) is 1.57. The van der Waals surface area contributed by atoms with Crippen LogP contribution in [0.1, 0.15) is 34.1 Å². The first-order chi connectivity index (χ1) is 4.88. The summed E-state index contributed by atoms with van der Waals surface area (Å²) >= 11 is 0. The Bertz CT molecular complexity index is 193. The normalized spacial score (nSPS) is 50.5. The SMILES string of the molecule is CC1(C)C(O)CC2C1C2(C)C. The molecular formula is C10H18O. The number of hydrogen-bond acceptors (Lipinski definition) is 1. The number of hydrogen-bond donors (Lipinski definition) is 1. The molecule has 0 aromatic heterocycles. The molecule has 2 fully saturated rings. The Kier molecular flexibility index (Phi) is 1.15. The number of rotatable bonds is 0. The lowest BCUT2D eigenvalue weighted by Crippen LogP contribution is -2.30. The molecule has 0 radical (unpaired) electrons. The van der Waals surface area contributed by atoms with E-state index in [0.29, 0.717) is 5.41 Å². The predicted molar refractivity (Wildman–Crippen MR) is 45.2 cm³/mol. The molecule has 0 aliphatic heterocycles. The average Bonchev–Trinajstić information content (AvgIpc) is 2.23. The van der Waals surface area contributed by atoms with Crippen LogP contribution < -0.4 is 0 Å². The number of fused-ring (bicyclic) bond motifs is 1. The molecule has 0 spiro atoms. The van der Waals surface area contributed by atoms with Crippen LogP contribution >= 0.6 is 0 Å². The Hall–Kier alpha value is -0.0400. The van der Waals surface area contributed by atoms with Gasteiger partial charge in [0, 0.05) is 0 Å². The Morgan fingerprint density at radius 3 is 1.91 bits per heavy atom. The van der Waals surface area contributed by atoms with Crippen LogP contribution in [-0.2, 0) is 0 Å². The highest BCUT2D eigenvalue weighted by Crippen LogP contribution is 2.73. The van der Waals surface area contributed by atoms with Gasteiger partial charge in [-0.05, 0) is 29.1 Å². The number of aliphatic hydroxyl groups is 1. The summed E-state index contributed by atoms with van der Waals surface area (Å²) in [5, 5.41) is 9.69. The van der Waals surface area contributed by atoms with Crippen LogP contribution in [0, 0.1) is 22.7 Å². The topological polar surface area (TPSA) is 20.2 Å². The van der Waals surface area contributed by atoms with Crippen molar-refractivity contribution in [3.05, 3.63) is 0 Å². The zero-order valence-electron chi connectivity index (χ0n) is 7.89. The molecule has 0 aromatic carbocycles. The molecule has 0 aromatic rings. The van der Waals surface area contributed by atoms with E-state index in [0.717, 1.165) is 18.3 Å². The summed E-state index contributed by atoms with van der Waals surface area (Å²) < 4.78 is 0. The van der Waals surface area contributed by atoms with Crippen molar-refractivity contribution < 1.29 is 5.11 Å². The van der Waals surface area contributed by atoms with Crippen molar-refractivity contribution >= 4 is 0 Å².